The number of likely N-dealkylation sites (tertiary alicyclic amines) is 1. The Morgan fingerprint density at radius 2 is 2.00 bits per heavy atom. The summed E-state index contributed by atoms with van der Waals surface area (Å²) in [5.41, 5.74) is 3.19. The molecule has 18 heavy (non-hydrogen) atoms. The Bertz CT molecular complexity index is 408. The lowest BCUT2D eigenvalue weighted by Gasteiger charge is -2.24. The standard InChI is InChI=1S/C12H18ClNO3Si/c1-18(2,3)7-6-9-4-5-10(12(16)17)14(9)11(15)8-13/h9-10H,4-5,8H2,1-3H3,(H,16,17)/t9?,10-/m0/s1. The van der Waals surface area contributed by atoms with E-state index in [1.807, 2.05) is 0 Å². The molecule has 2 atom stereocenters. The first-order valence-corrected chi connectivity index (χ1v) is 9.92. The molecule has 0 radical (unpaired) electrons. The number of carbonyl (C=O) groups excluding carboxylic acids is 1. The van der Waals surface area contributed by atoms with Gasteiger partial charge in [0.1, 0.15) is 20.0 Å². The zero-order chi connectivity index (χ0) is 13.9. The highest BCUT2D eigenvalue weighted by atomic mass is 35.5. The molecule has 0 aliphatic carbocycles. The van der Waals surface area contributed by atoms with Gasteiger partial charge < -0.3 is 10.0 Å². The molecule has 6 heteroatoms. The molecule has 0 aromatic rings. The molecule has 1 N–H and O–H groups in total. The summed E-state index contributed by atoms with van der Waals surface area (Å²) in [6.45, 7) is 6.33. The molecule has 1 aliphatic rings. The van der Waals surface area contributed by atoms with Gasteiger partial charge in [-0.3, -0.25) is 4.79 Å². The van der Waals surface area contributed by atoms with Gasteiger partial charge in [0.15, 0.2) is 0 Å². The lowest BCUT2D eigenvalue weighted by Crippen LogP contribution is -2.45. The van der Waals surface area contributed by atoms with Crippen molar-refractivity contribution in [3.05, 3.63) is 0 Å². The maximum absolute atomic E-state index is 11.7. The Hall–Kier alpha value is -0.993. The number of hydrogen-bond donors (Lipinski definition) is 1. The molecule has 0 spiro atoms. The number of carboxylic acid groups (broad SMARTS) is 1. The van der Waals surface area contributed by atoms with Crippen LogP contribution < -0.4 is 0 Å². The molecule has 1 fully saturated rings. The van der Waals surface area contributed by atoms with Crippen LogP contribution in [0.1, 0.15) is 12.8 Å². The van der Waals surface area contributed by atoms with Crippen LogP contribution in [-0.2, 0) is 9.59 Å². The largest absolute Gasteiger partial charge is 0.480 e. The van der Waals surface area contributed by atoms with Gasteiger partial charge in [-0.05, 0) is 12.8 Å². The number of aliphatic carboxylic acids is 1. The van der Waals surface area contributed by atoms with Gasteiger partial charge in [0.25, 0.3) is 0 Å². The van der Waals surface area contributed by atoms with Crippen molar-refractivity contribution in [2.75, 3.05) is 5.88 Å². The van der Waals surface area contributed by atoms with Crippen molar-refractivity contribution in [1.82, 2.24) is 4.90 Å². The quantitative estimate of drug-likeness (QED) is 0.476. The van der Waals surface area contributed by atoms with E-state index in [4.69, 9.17) is 16.7 Å². The summed E-state index contributed by atoms with van der Waals surface area (Å²) in [5.74, 6) is 1.54. The molecule has 1 aliphatic heterocycles. The third-order valence-electron chi connectivity index (χ3n) is 2.69. The molecule has 0 saturated carbocycles. The summed E-state index contributed by atoms with van der Waals surface area (Å²) in [6, 6.07) is -1.08. The molecule has 0 bridgehead atoms. The highest BCUT2D eigenvalue weighted by molar-refractivity contribution is 6.83. The predicted molar refractivity (Wildman–Crippen MR) is 73.1 cm³/mol. The van der Waals surface area contributed by atoms with Crippen LogP contribution in [0.5, 0.6) is 0 Å². The SMILES string of the molecule is C[Si](C)(C)C#CC1CC[C@@H](C(=O)O)N1C(=O)CCl. The Morgan fingerprint density at radius 1 is 1.39 bits per heavy atom. The van der Waals surface area contributed by atoms with E-state index in [0.717, 1.165) is 0 Å². The molecule has 1 unspecified atom stereocenters. The van der Waals surface area contributed by atoms with Gasteiger partial charge in [0.2, 0.25) is 5.91 Å². The topological polar surface area (TPSA) is 57.6 Å². The molecule has 0 aromatic heterocycles. The van der Waals surface area contributed by atoms with Crippen molar-refractivity contribution < 1.29 is 14.7 Å². The molecule has 1 saturated heterocycles. The summed E-state index contributed by atoms with van der Waals surface area (Å²) in [5, 5.41) is 9.10. The number of hydrogen-bond acceptors (Lipinski definition) is 2. The van der Waals surface area contributed by atoms with E-state index < -0.39 is 20.1 Å². The van der Waals surface area contributed by atoms with E-state index in [1.54, 1.807) is 0 Å². The van der Waals surface area contributed by atoms with Gasteiger partial charge in [0, 0.05) is 0 Å². The van der Waals surface area contributed by atoms with Crippen molar-refractivity contribution in [2.24, 2.45) is 0 Å². The Labute approximate surface area is 113 Å². The maximum atomic E-state index is 11.7. The second-order valence-electron chi connectivity index (χ2n) is 5.40. The fourth-order valence-corrected chi connectivity index (χ4v) is 2.65. The first-order valence-electron chi connectivity index (χ1n) is 5.89. The summed E-state index contributed by atoms with van der Waals surface area (Å²) >= 11 is 5.53. The summed E-state index contributed by atoms with van der Waals surface area (Å²) in [7, 11) is -1.53. The van der Waals surface area contributed by atoms with Crippen LogP contribution in [0.15, 0.2) is 0 Å². The minimum absolute atomic E-state index is 0.199. The third kappa shape index (κ3) is 3.75. The van der Waals surface area contributed by atoms with E-state index in [1.165, 1.54) is 4.90 Å². The Kier molecular flexibility index (Phi) is 4.82. The molecular formula is C12H18ClNO3Si. The lowest BCUT2D eigenvalue weighted by molar-refractivity contribution is -0.148. The molecule has 4 nitrogen and oxygen atoms in total. The van der Waals surface area contributed by atoms with Crippen molar-refractivity contribution in [3.63, 3.8) is 0 Å². The van der Waals surface area contributed by atoms with Crippen LogP contribution >= 0.6 is 11.6 Å². The number of amides is 1. The van der Waals surface area contributed by atoms with Crippen LogP contribution in [-0.4, -0.2) is 47.9 Å². The summed E-state index contributed by atoms with van der Waals surface area (Å²) in [4.78, 5) is 24.2. The highest BCUT2D eigenvalue weighted by Gasteiger charge is 2.39. The van der Waals surface area contributed by atoms with E-state index in [9.17, 15) is 9.59 Å². The second-order valence-corrected chi connectivity index (χ2v) is 10.4. The Morgan fingerprint density at radius 3 is 2.44 bits per heavy atom. The van der Waals surface area contributed by atoms with E-state index in [-0.39, 0.29) is 17.8 Å². The second kappa shape index (κ2) is 5.76. The van der Waals surface area contributed by atoms with Crippen LogP contribution in [0.4, 0.5) is 0 Å². The fraction of sp³-hybridized carbons (Fsp3) is 0.667. The number of nitrogens with zero attached hydrogens (tertiary/aromatic N) is 1. The zero-order valence-electron chi connectivity index (χ0n) is 10.9. The number of carbonyl (C=O) groups is 2. The van der Waals surface area contributed by atoms with Crippen molar-refractivity contribution in [2.45, 2.75) is 44.6 Å². The number of rotatable bonds is 2. The minimum Gasteiger partial charge on any atom is -0.480 e. The molecule has 1 heterocycles. The Balaban J connectivity index is 2.94. The number of carboxylic acids is 1. The average molecular weight is 288 g/mol. The molecule has 1 rings (SSSR count). The fourth-order valence-electron chi connectivity index (χ4n) is 1.91. The van der Waals surface area contributed by atoms with Gasteiger partial charge in [-0.2, -0.15) is 0 Å². The van der Waals surface area contributed by atoms with E-state index >= 15 is 0 Å². The first-order chi connectivity index (χ1) is 8.26. The van der Waals surface area contributed by atoms with Crippen LogP contribution in [0.3, 0.4) is 0 Å². The smallest absolute Gasteiger partial charge is 0.326 e. The van der Waals surface area contributed by atoms with Gasteiger partial charge >= 0.3 is 5.97 Å². The molecule has 1 amide bonds. The van der Waals surface area contributed by atoms with E-state index in [2.05, 4.69) is 31.1 Å². The summed E-state index contributed by atoms with van der Waals surface area (Å²) in [6.07, 6.45) is 1.06. The van der Waals surface area contributed by atoms with Crippen LogP contribution in [0.25, 0.3) is 0 Å². The van der Waals surface area contributed by atoms with Crippen LogP contribution in [0, 0.1) is 11.5 Å². The first kappa shape index (κ1) is 15.1. The van der Waals surface area contributed by atoms with Crippen molar-refractivity contribution in [3.8, 4) is 11.5 Å². The van der Waals surface area contributed by atoms with Gasteiger partial charge in [-0.1, -0.05) is 25.6 Å². The van der Waals surface area contributed by atoms with Crippen molar-refractivity contribution >= 4 is 31.6 Å². The van der Waals surface area contributed by atoms with Gasteiger partial charge in [-0.15, -0.1) is 17.1 Å². The van der Waals surface area contributed by atoms with Crippen molar-refractivity contribution in [1.29, 1.82) is 0 Å². The number of alkyl halides is 1. The predicted octanol–water partition coefficient (Wildman–Crippen LogP) is 1.55. The third-order valence-corrected chi connectivity index (χ3v) is 3.81. The minimum atomic E-state index is -1.53. The molecule has 0 aromatic carbocycles. The van der Waals surface area contributed by atoms with E-state index in [0.29, 0.717) is 12.8 Å². The highest BCUT2D eigenvalue weighted by Crippen LogP contribution is 2.24. The van der Waals surface area contributed by atoms with Gasteiger partial charge in [0.05, 0.1) is 6.04 Å². The molecular weight excluding hydrogens is 270 g/mol. The monoisotopic (exact) mass is 287 g/mol. The maximum Gasteiger partial charge on any atom is 0.326 e. The zero-order valence-corrected chi connectivity index (χ0v) is 12.6. The lowest BCUT2D eigenvalue weighted by atomic mass is 10.2. The normalized spacial score (nSPS) is 23.4. The van der Waals surface area contributed by atoms with Crippen LogP contribution in [0.2, 0.25) is 19.6 Å². The van der Waals surface area contributed by atoms with Gasteiger partial charge in [-0.25, -0.2) is 4.79 Å². The number of halogens is 1. The summed E-state index contributed by atoms with van der Waals surface area (Å²) < 4.78 is 0. The molecule has 100 valence electrons. The average Bonchev–Trinajstić information content (AvgIpc) is 2.68.